The van der Waals surface area contributed by atoms with Crippen LogP contribution in [0.3, 0.4) is 0 Å². The molecule has 2 amide bonds. The van der Waals surface area contributed by atoms with Crippen LogP contribution in [-0.4, -0.2) is 69.6 Å². The predicted octanol–water partition coefficient (Wildman–Crippen LogP) is -0.565. The topological polar surface area (TPSA) is 98.2 Å². The summed E-state index contributed by atoms with van der Waals surface area (Å²) < 4.78 is 0. The van der Waals surface area contributed by atoms with E-state index in [1.807, 2.05) is 0 Å². The van der Waals surface area contributed by atoms with Gasteiger partial charge in [0.25, 0.3) is 0 Å². The van der Waals surface area contributed by atoms with Crippen molar-refractivity contribution in [2.75, 3.05) is 19.6 Å². The number of rotatable bonds is 3. The van der Waals surface area contributed by atoms with Gasteiger partial charge in [-0.05, 0) is 12.8 Å². The first-order chi connectivity index (χ1) is 9.49. The largest absolute Gasteiger partial charge is 0.480 e. The molecule has 2 N–H and O–H groups in total. The zero-order valence-electron chi connectivity index (χ0n) is 11.3. The second-order valence-electron chi connectivity index (χ2n) is 5.42. The molecule has 0 aromatic rings. The van der Waals surface area contributed by atoms with E-state index in [1.165, 1.54) is 9.80 Å². The van der Waals surface area contributed by atoms with Gasteiger partial charge in [0.15, 0.2) is 0 Å². The van der Waals surface area contributed by atoms with Gasteiger partial charge in [0.2, 0.25) is 11.8 Å². The average Bonchev–Trinajstić information content (AvgIpc) is 2.68. The number of amides is 2. The Kier molecular flexibility index (Phi) is 4.59. The van der Waals surface area contributed by atoms with Crippen LogP contribution in [0.15, 0.2) is 0 Å². The molecule has 2 fully saturated rings. The Labute approximate surface area is 117 Å². The van der Waals surface area contributed by atoms with Gasteiger partial charge < -0.3 is 20.0 Å². The summed E-state index contributed by atoms with van der Waals surface area (Å²) in [5.74, 6) is -1.57. The third-order valence-corrected chi connectivity index (χ3v) is 3.88. The molecule has 7 heteroatoms. The standard InChI is InChI=1S/C13H20N2O5/c16-9-6-10(13(19)20)15(7-9)12(18)8-14-5-3-1-2-4-11(14)17/h9-10,16H,1-8H2,(H,19,20)/t9-,10-/m0/s1. The minimum absolute atomic E-state index is 0.0256. The summed E-state index contributed by atoms with van der Waals surface area (Å²) in [5, 5.41) is 18.6. The molecule has 2 atom stereocenters. The highest BCUT2D eigenvalue weighted by Crippen LogP contribution is 2.19. The average molecular weight is 284 g/mol. The highest BCUT2D eigenvalue weighted by molar-refractivity contribution is 5.88. The highest BCUT2D eigenvalue weighted by atomic mass is 16.4. The van der Waals surface area contributed by atoms with E-state index in [0.717, 1.165) is 19.3 Å². The van der Waals surface area contributed by atoms with Gasteiger partial charge >= 0.3 is 5.97 Å². The van der Waals surface area contributed by atoms with E-state index in [9.17, 15) is 19.5 Å². The second kappa shape index (κ2) is 6.21. The number of likely N-dealkylation sites (tertiary alicyclic amines) is 2. The number of carbonyl (C=O) groups excluding carboxylic acids is 2. The van der Waals surface area contributed by atoms with Gasteiger partial charge in [0.1, 0.15) is 6.04 Å². The Balaban J connectivity index is 1.99. The molecule has 2 aliphatic rings. The van der Waals surface area contributed by atoms with Crippen molar-refractivity contribution in [1.29, 1.82) is 0 Å². The Morgan fingerprint density at radius 1 is 1.25 bits per heavy atom. The lowest BCUT2D eigenvalue weighted by Crippen LogP contribution is -2.47. The molecule has 0 radical (unpaired) electrons. The fourth-order valence-corrected chi connectivity index (χ4v) is 2.78. The fourth-order valence-electron chi connectivity index (χ4n) is 2.78. The minimum atomic E-state index is -1.11. The molecule has 0 bridgehead atoms. The Hall–Kier alpha value is -1.63. The van der Waals surface area contributed by atoms with Gasteiger partial charge in [0.05, 0.1) is 12.6 Å². The van der Waals surface area contributed by atoms with Gasteiger partial charge in [-0.2, -0.15) is 0 Å². The lowest BCUT2D eigenvalue weighted by molar-refractivity contribution is -0.149. The number of carboxylic acid groups (broad SMARTS) is 1. The highest BCUT2D eigenvalue weighted by Gasteiger charge is 2.39. The summed E-state index contributed by atoms with van der Waals surface area (Å²) in [5.41, 5.74) is 0. The number of aliphatic carboxylic acids is 1. The molecule has 112 valence electrons. The van der Waals surface area contributed by atoms with E-state index in [1.54, 1.807) is 0 Å². The zero-order valence-corrected chi connectivity index (χ0v) is 11.3. The summed E-state index contributed by atoms with van der Waals surface area (Å²) in [6.45, 7) is 0.478. The quantitative estimate of drug-likeness (QED) is 0.723. The SMILES string of the molecule is O=C(O)[C@@H]1C[C@H](O)CN1C(=O)CN1CCCCCC1=O. The van der Waals surface area contributed by atoms with Gasteiger partial charge in [0, 0.05) is 25.9 Å². The molecule has 20 heavy (non-hydrogen) atoms. The number of hydrogen-bond acceptors (Lipinski definition) is 4. The maximum Gasteiger partial charge on any atom is 0.326 e. The molecule has 0 aromatic carbocycles. The first-order valence-corrected chi connectivity index (χ1v) is 6.97. The number of aliphatic hydroxyl groups excluding tert-OH is 1. The van der Waals surface area contributed by atoms with E-state index in [-0.39, 0.29) is 25.4 Å². The minimum Gasteiger partial charge on any atom is -0.480 e. The molecule has 0 aliphatic carbocycles. The van der Waals surface area contributed by atoms with Gasteiger partial charge in [-0.25, -0.2) is 4.79 Å². The lowest BCUT2D eigenvalue weighted by atomic mass is 10.2. The summed E-state index contributed by atoms with van der Waals surface area (Å²) in [4.78, 5) is 37.8. The summed E-state index contributed by atoms with van der Waals surface area (Å²) >= 11 is 0. The molecule has 2 heterocycles. The smallest absolute Gasteiger partial charge is 0.326 e. The molecule has 0 saturated carbocycles. The van der Waals surface area contributed by atoms with Crippen molar-refractivity contribution in [2.24, 2.45) is 0 Å². The number of carbonyl (C=O) groups is 3. The molecule has 2 aliphatic heterocycles. The third kappa shape index (κ3) is 3.27. The van der Waals surface area contributed by atoms with Crippen LogP contribution >= 0.6 is 0 Å². The van der Waals surface area contributed by atoms with E-state index >= 15 is 0 Å². The van der Waals surface area contributed by atoms with E-state index < -0.39 is 24.0 Å². The van der Waals surface area contributed by atoms with Gasteiger partial charge in [-0.15, -0.1) is 0 Å². The van der Waals surface area contributed by atoms with Crippen molar-refractivity contribution in [3.8, 4) is 0 Å². The number of β-amino-alcohol motifs (C(OH)–C–C–N with tert-alkyl or cyclic N) is 1. The third-order valence-electron chi connectivity index (χ3n) is 3.88. The van der Waals surface area contributed by atoms with Crippen molar-refractivity contribution in [3.05, 3.63) is 0 Å². The Bertz CT molecular complexity index is 412. The predicted molar refractivity (Wildman–Crippen MR) is 68.8 cm³/mol. The lowest BCUT2D eigenvalue weighted by Gasteiger charge is -2.26. The van der Waals surface area contributed by atoms with E-state index in [4.69, 9.17) is 5.11 Å². The number of hydrogen-bond donors (Lipinski definition) is 2. The molecular weight excluding hydrogens is 264 g/mol. The summed E-state index contributed by atoms with van der Waals surface area (Å²) in [7, 11) is 0. The van der Waals surface area contributed by atoms with E-state index in [0.29, 0.717) is 13.0 Å². The van der Waals surface area contributed by atoms with E-state index in [2.05, 4.69) is 0 Å². The van der Waals surface area contributed by atoms with Crippen molar-refractivity contribution >= 4 is 17.8 Å². The van der Waals surface area contributed by atoms with Gasteiger partial charge in [-0.1, -0.05) is 6.42 Å². The Morgan fingerprint density at radius 2 is 2.00 bits per heavy atom. The normalized spacial score (nSPS) is 27.6. The maximum atomic E-state index is 12.2. The molecule has 0 aromatic heterocycles. The molecule has 2 saturated heterocycles. The Morgan fingerprint density at radius 3 is 2.70 bits per heavy atom. The summed E-state index contributed by atoms with van der Waals surface area (Å²) in [6.07, 6.45) is 2.36. The second-order valence-corrected chi connectivity index (χ2v) is 5.42. The first kappa shape index (κ1) is 14.8. The van der Waals surface area contributed by atoms with Crippen LogP contribution < -0.4 is 0 Å². The molecule has 0 unspecified atom stereocenters. The molecule has 7 nitrogen and oxygen atoms in total. The molecular formula is C13H20N2O5. The van der Waals surface area contributed by atoms with Crippen molar-refractivity contribution in [3.63, 3.8) is 0 Å². The van der Waals surface area contributed by atoms with Crippen LogP contribution in [0.5, 0.6) is 0 Å². The van der Waals surface area contributed by atoms with Crippen LogP contribution in [0.2, 0.25) is 0 Å². The molecule has 2 rings (SSSR count). The first-order valence-electron chi connectivity index (χ1n) is 6.97. The van der Waals surface area contributed by atoms with Gasteiger partial charge in [-0.3, -0.25) is 9.59 Å². The number of carboxylic acids is 1. The number of aliphatic hydroxyl groups is 1. The fraction of sp³-hybridized carbons (Fsp3) is 0.769. The monoisotopic (exact) mass is 284 g/mol. The van der Waals surface area contributed by atoms with Crippen molar-refractivity contribution in [2.45, 2.75) is 44.2 Å². The zero-order chi connectivity index (χ0) is 14.7. The van der Waals surface area contributed by atoms with Crippen LogP contribution in [-0.2, 0) is 14.4 Å². The summed E-state index contributed by atoms with van der Waals surface area (Å²) in [6, 6.07) is -0.986. The maximum absolute atomic E-state index is 12.2. The van der Waals surface area contributed by atoms with Crippen LogP contribution in [0, 0.1) is 0 Å². The van der Waals surface area contributed by atoms with Crippen LogP contribution in [0.1, 0.15) is 32.1 Å². The van der Waals surface area contributed by atoms with Crippen molar-refractivity contribution < 1.29 is 24.6 Å². The van der Waals surface area contributed by atoms with Crippen LogP contribution in [0.25, 0.3) is 0 Å². The van der Waals surface area contributed by atoms with Crippen molar-refractivity contribution in [1.82, 2.24) is 9.80 Å². The molecule has 0 spiro atoms. The number of nitrogens with zero attached hydrogens (tertiary/aromatic N) is 2. The van der Waals surface area contributed by atoms with Crippen LogP contribution in [0.4, 0.5) is 0 Å².